The predicted molar refractivity (Wildman–Crippen MR) is 72.2 cm³/mol. The summed E-state index contributed by atoms with van der Waals surface area (Å²) < 4.78 is 16.2. The third-order valence-electron chi connectivity index (χ3n) is 3.42. The summed E-state index contributed by atoms with van der Waals surface area (Å²) in [6, 6.07) is 7.54. The van der Waals surface area contributed by atoms with Crippen LogP contribution in [0.25, 0.3) is 11.4 Å². The van der Waals surface area contributed by atoms with Crippen molar-refractivity contribution in [1.29, 1.82) is 0 Å². The summed E-state index contributed by atoms with van der Waals surface area (Å²) in [5, 5.41) is 4.00. The van der Waals surface area contributed by atoms with Crippen LogP contribution in [0.1, 0.15) is 24.8 Å². The molecule has 0 bridgehead atoms. The first kappa shape index (κ1) is 13.1. The minimum Gasteiger partial charge on any atom is -0.497 e. The zero-order chi connectivity index (χ0) is 13.9. The maximum Gasteiger partial charge on any atom is 0.256 e. The topological polar surface area (TPSA) is 83.4 Å². The van der Waals surface area contributed by atoms with Gasteiger partial charge >= 0.3 is 0 Å². The first-order valence-electron chi connectivity index (χ1n) is 6.63. The van der Waals surface area contributed by atoms with Crippen molar-refractivity contribution in [3.8, 4) is 17.1 Å². The highest BCUT2D eigenvalue weighted by molar-refractivity contribution is 5.56. The van der Waals surface area contributed by atoms with Gasteiger partial charge in [-0.05, 0) is 25.0 Å². The summed E-state index contributed by atoms with van der Waals surface area (Å²) in [4.78, 5) is 4.41. The molecule has 2 unspecified atom stereocenters. The number of ether oxygens (including phenoxy) is 2. The van der Waals surface area contributed by atoms with Gasteiger partial charge in [0.2, 0.25) is 5.82 Å². The second-order valence-corrected chi connectivity index (χ2v) is 4.75. The first-order valence-corrected chi connectivity index (χ1v) is 6.63. The summed E-state index contributed by atoms with van der Waals surface area (Å²) >= 11 is 0. The van der Waals surface area contributed by atoms with E-state index in [1.807, 2.05) is 24.3 Å². The lowest BCUT2D eigenvalue weighted by Gasteiger charge is -2.07. The van der Waals surface area contributed by atoms with Gasteiger partial charge in [0.1, 0.15) is 11.9 Å². The van der Waals surface area contributed by atoms with Gasteiger partial charge in [-0.3, -0.25) is 0 Å². The van der Waals surface area contributed by atoms with E-state index in [1.165, 1.54) is 0 Å². The van der Waals surface area contributed by atoms with E-state index in [0.29, 0.717) is 18.3 Å². The molecule has 0 saturated carbocycles. The van der Waals surface area contributed by atoms with Crippen molar-refractivity contribution < 1.29 is 14.0 Å². The Bertz CT molecular complexity index is 585. The van der Waals surface area contributed by atoms with E-state index in [9.17, 15) is 0 Å². The van der Waals surface area contributed by atoms with E-state index >= 15 is 0 Å². The molecule has 2 N–H and O–H groups in total. The van der Waals surface area contributed by atoms with Crippen LogP contribution >= 0.6 is 0 Å². The van der Waals surface area contributed by atoms with Crippen molar-refractivity contribution in [3.63, 3.8) is 0 Å². The Morgan fingerprint density at radius 2 is 2.30 bits per heavy atom. The predicted octanol–water partition coefficient (Wildman–Crippen LogP) is 1.92. The molecule has 1 fully saturated rings. The smallest absolute Gasteiger partial charge is 0.256 e. The average Bonchev–Trinajstić information content (AvgIpc) is 3.15. The minimum atomic E-state index is -0.143. The van der Waals surface area contributed by atoms with Gasteiger partial charge in [-0.1, -0.05) is 17.3 Å². The lowest BCUT2D eigenvalue weighted by Crippen LogP contribution is -2.18. The van der Waals surface area contributed by atoms with Gasteiger partial charge in [-0.25, -0.2) is 0 Å². The van der Waals surface area contributed by atoms with Crippen LogP contribution in [0.5, 0.6) is 5.75 Å². The van der Waals surface area contributed by atoms with Crippen LogP contribution < -0.4 is 10.5 Å². The van der Waals surface area contributed by atoms with Crippen LogP contribution in [0.15, 0.2) is 28.8 Å². The van der Waals surface area contributed by atoms with E-state index in [-0.39, 0.29) is 12.2 Å². The summed E-state index contributed by atoms with van der Waals surface area (Å²) in [5.41, 5.74) is 6.45. The van der Waals surface area contributed by atoms with Crippen LogP contribution in [0.3, 0.4) is 0 Å². The van der Waals surface area contributed by atoms with Crippen molar-refractivity contribution in [1.82, 2.24) is 10.1 Å². The van der Waals surface area contributed by atoms with Gasteiger partial charge in [-0.15, -0.1) is 0 Å². The Kier molecular flexibility index (Phi) is 3.66. The second kappa shape index (κ2) is 5.60. The molecule has 0 aliphatic carbocycles. The number of methoxy groups -OCH3 is 1. The Morgan fingerprint density at radius 3 is 3.05 bits per heavy atom. The van der Waals surface area contributed by atoms with Crippen LogP contribution in [-0.2, 0) is 4.74 Å². The maximum atomic E-state index is 5.74. The highest BCUT2D eigenvalue weighted by Crippen LogP contribution is 2.32. The zero-order valence-electron chi connectivity index (χ0n) is 11.3. The van der Waals surface area contributed by atoms with E-state index in [0.717, 1.165) is 24.2 Å². The van der Waals surface area contributed by atoms with E-state index in [4.69, 9.17) is 19.7 Å². The molecular formula is C14H17N3O3. The highest BCUT2D eigenvalue weighted by Gasteiger charge is 2.30. The molecule has 2 heterocycles. The Morgan fingerprint density at radius 1 is 1.40 bits per heavy atom. The van der Waals surface area contributed by atoms with Crippen molar-refractivity contribution in [2.45, 2.75) is 25.0 Å². The molecule has 1 aromatic heterocycles. The van der Waals surface area contributed by atoms with Gasteiger partial charge in [-0.2, -0.15) is 4.98 Å². The molecule has 6 nitrogen and oxygen atoms in total. The fourth-order valence-corrected chi connectivity index (χ4v) is 2.31. The molecular weight excluding hydrogens is 258 g/mol. The van der Waals surface area contributed by atoms with Gasteiger partial charge in [0.05, 0.1) is 13.2 Å². The number of rotatable bonds is 4. The minimum absolute atomic E-state index is 0.0900. The Labute approximate surface area is 116 Å². The fourth-order valence-electron chi connectivity index (χ4n) is 2.31. The van der Waals surface area contributed by atoms with Crippen molar-refractivity contribution in [3.05, 3.63) is 30.2 Å². The normalized spacial score (nSPS) is 22.1. The van der Waals surface area contributed by atoms with Crippen molar-refractivity contribution in [2.75, 3.05) is 13.7 Å². The van der Waals surface area contributed by atoms with Gasteiger partial charge in [0.25, 0.3) is 5.89 Å². The molecule has 0 amide bonds. The van der Waals surface area contributed by atoms with Crippen molar-refractivity contribution in [2.24, 2.45) is 5.73 Å². The number of benzene rings is 1. The first-order chi connectivity index (χ1) is 9.80. The molecule has 1 saturated heterocycles. The Balaban J connectivity index is 1.79. The molecule has 106 valence electrons. The summed E-state index contributed by atoms with van der Waals surface area (Å²) in [7, 11) is 1.63. The molecule has 0 spiro atoms. The monoisotopic (exact) mass is 275 g/mol. The number of nitrogens with two attached hydrogens (primary N) is 1. The molecule has 3 rings (SSSR count). The molecule has 1 aliphatic rings. The van der Waals surface area contributed by atoms with E-state index < -0.39 is 0 Å². The quantitative estimate of drug-likeness (QED) is 0.917. The summed E-state index contributed by atoms with van der Waals surface area (Å²) in [5.74, 6) is 1.81. The number of hydrogen-bond donors (Lipinski definition) is 1. The molecule has 1 aromatic carbocycles. The maximum absolute atomic E-state index is 5.74. The molecule has 0 radical (unpaired) electrons. The number of hydrogen-bond acceptors (Lipinski definition) is 6. The molecule has 1 aliphatic heterocycles. The van der Waals surface area contributed by atoms with Crippen LogP contribution in [-0.4, -0.2) is 29.9 Å². The van der Waals surface area contributed by atoms with E-state index in [2.05, 4.69) is 10.1 Å². The summed E-state index contributed by atoms with van der Waals surface area (Å²) in [6.07, 6.45) is 1.74. The fraction of sp³-hybridized carbons (Fsp3) is 0.429. The third-order valence-corrected chi connectivity index (χ3v) is 3.42. The highest BCUT2D eigenvalue weighted by atomic mass is 16.5. The lowest BCUT2D eigenvalue weighted by atomic mass is 10.2. The second-order valence-electron chi connectivity index (χ2n) is 4.75. The number of nitrogens with zero attached hydrogens (tertiary/aromatic N) is 2. The van der Waals surface area contributed by atoms with Gasteiger partial charge < -0.3 is 19.7 Å². The standard InChI is InChI=1S/C14H17N3O3/c1-18-10-4-2-3-9(7-10)13-16-14(20-17-13)12-6-5-11(8-15)19-12/h2-4,7,11-12H,5-6,8,15H2,1H3. The van der Waals surface area contributed by atoms with Crippen molar-refractivity contribution >= 4 is 0 Å². The van der Waals surface area contributed by atoms with Gasteiger partial charge in [0, 0.05) is 12.1 Å². The van der Waals surface area contributed by atoms with E-state index in [1.54, 1.807) is 7.11 Å². The van der Waals surface area contributed by atoms with Crippen LogP contribution in [0.2, 0.25) is 0 Å². The molecule has 20 heavy (non-hydrogen) atoms. The van der Waals surface area contributed by atoms with Crippen LogP contribution in [0, 0.1) is 0 Å². The largest absolute Gasteiger partial charge is 0.497 e. The zero-order valence-corrected chi connectivity index (χ0v) is 11.3. The SMILES string of the molecule is COc1cccc(-c2noc(C3CCC(CN)O3)n2)c1. The third kappa shape index (κ3) is 2.52. The Hall–Kier alpha value is -1.92. The van der Waals surface area contributed by atoms with Gasteiger partial charge in [0.15, 0.2) is 0 Å². The number of aromatic nitrogens is 2. The summed E-state index contributed by atoms with van der Waals surface area (Å²) in [6.45, 7) is 0.521. The lowest BCUT2D eigenvalue weighted by molar-refractivity contribution is 0.0307. The van der Waals surface area contributed by atoms with Crippen LogP contribution in [0.4, 0.5) is 0 Å². The molecule has 2 aromatic rings. The average molecular weight is 275 g/mol. The molecule has 2 atom stereocenters. The molecule has 6 heteroatoms.